The second-order valence-corrected chi connectivity index (χ2v) is 4.00. The zero-order valence-corrected chi connectivity index (χ0v) is 10.1. The molecule has 94 valence electrons. The fourth-order valence-corrected chi connectivity index (χ4v) is 1.54. The number of aromatic carboxylic acids is 1. The van der Waals surface area contributed by atoms with Crippen molar-refractivity contribution in [2.45, 2.75) is 32.8 Å². The number of pyridine rings is 1. The first-order valence-electron chi connectivity index (χ1n) is 5.66. The van der Waals surface area contributed by atoms with E-state index in [0.717, 1.165) is 12.1 Å². The van der Waals surface area contributed by atoms with Crippen LogP contribution in [0.3, 0.4) is 0 Å². The first kappa shape index (κ1) is 13.4. The summed E-state index contributed by atoms with van der Waals surface area (Å²) in [6, 6.07) is 1.67. The molecule has 0 radical (unpaired) electrons. The van der Waals surface area contributed by atoms with Gasteiger partial charge in [0, 0.05) is 18.4 Å². The number of rotatable bonds is 6. The maximum Gasteiger partial charge on any atom is 0.339 e. The number of anilines is 1. The number of nitrogens with zero attached hydrogens (tertiary/aromatic N) is 1. The van der Waals surface area contributed by atoms with E-state index < -0.39 is 12.1 Å². The lowest BCUT2D eigenvalue weighted by Crippen LogP contribution is -2.20. The largest absolute Gasteiger partial charge is 0.478 e. The average molecular weight is 238 g/mol. The van der Waals surface area contributed by atoms with Crippen molar-refractivity contribution < 1.29 is 15.0 Å². The Morgan fingerprint density at radius 3 is 2.88 bits per heavy atom. The quantitative estimate of drug-likeness (QED) is 0.702. The van der Waals surface area contributed by atoms with E-state index in [0.29, 0.717) is 18.7 Å². The number of carbonyl (C=O) groups is 1. The van der Waals surface area contributed by atoms with E-state index in [-0.39, 0.29) is 5.56 Å². The second-order valence-electron chi connectivity index (χ2n) is 4.00. The van der Waals surface area contributed by atoms with Crippen LogP contribution in [-0.2, 0) is 0 Å². The molecule has 0 bridgehead atoms. The molecule has 0 spiro atoms. The first-order chi connectivity index (χ1) is 8.04. The number of carboxylic acid groups (broad SMARTS) is 1. The Morgan fingerprint density at radius 2 is 2.29 bits per heavy atom. The summed E-state index contributed by atoms with van der Waals surface area (Å²) in [7, 11) is 0. The van der Waals surface area contributed by atoms with Crippen molar-refractivity contribution in [2.24, 2.45) is 0 Å². The van der Waals surface area contributed by atoms with Gasteiger partial charge in [0.15, 0.2) is 0 Å². The van der Waals surface area contributed by atoms with Gasteiger partial charge in [0.25, 0.3) is 0 Å². The van der Waals surface area contributed by atoms with Gasteiger partial charge in [0.1, 0.15) is 5.56 Å². The third kappa shape index (κ3) is 4.03. The van der Waals surface area contributed by atoms with E-state index in [1.807, 2.05) is 6.92 Å². The molecule has 5 heteroatoms. The summed E-state index contributed by atoms with van der Waals surface area (Å²) in [5, 5.41) is 21.5. The van der Waals surface area contributed by atoms with Gasteiger partial charge in [-0.1, -0.05) is 13.3 Å². The highest BCUT2D eigenvalue weighted by atomic mass is 16.4. The van der Waals surface area contributed by atoms with Crippen LogP contribution in [0, 0.1) is 6.92 Å². The highest BCUT2D eigenvalue weighted by molar-refractivity contribution is 5.93. The van der Waals surface area contributed by atoms with Crippen LogP contribution >= 0.6 is 0 Å². The number of carboxylic acids is 1. The summed E-state index contributed by atoms with van der Waals surface area (Å²) in [5.41, 5.74) is 1.36. The molecular formula is C12H18N2O3. The molecule has 17 heavy (non-hydrogen) atoms. The molecule has 0 amide bonds. The standard InChI is InChI=1S/C12H18N2O3/c1-3-4-9(15)6-14-11-5-8(2)13-7-10(11)12(16)17/h5,7,9,15H,3-4,6H2,1-2H3,(H,13,14)(H,16,17). The number of hydrogen-bond acceptors (Lipinski definition) is 4. The maximum absolute atomic E-state index is 11.0. The third-order valence-electron chi connectivity index (χ3n) is 2.42. The first-order valence-corrected chi connectivity index (χ1v) is 5.66. The molecule has 1 rings (SSSR count). The Morgan fingerprint density at radius 1 is 1.59 bits per heavy atom. The van der Waals surface area contributed by atoms with E-state index >= 15 is 0 Å². The number of nitrogens with one attached hydrogen (secondary N) is 1. The van der Waals surface area contributed by atoms with Crippen LogP contribution in [0.1, 0.15) is 35.8 Å². The lowest BCUT2D eigenvalue weighted by Gasteiger charge is -2.13. The number of aryl methyl sites for hydroxylation is 1. The topological polar surface area (TPSA) is 82.5 Å². The van der Waals surface area contributed by atoms with Crippen LogP contribution in [0.15, 0.2) is 12.3 Å². The molecule has 0 fully saturated rings. The molecule has 1 aromatic rings. The van der Waals surface area contributed by atoms with Crippen molar-refractivity contribution in [3.8, 4) is 0 Å². The number of hydrogen-bond donors (Lipinski definition) is 3. The molecule has 0 aliphatic heterocycles. The summed E-state index contributed by atoms with van der Waals surface area (Å²) < 4.78 is 0. The maximum atomic E-state index is 11.0. The molecular weight excluding hydrogens is 220 g/mol. The van der Waals surface area contributed by atoms with Gasteiger partial charge in [0.2, 0.25) is 0 Å². The van der Waals surface area contributed by atoms with Crippen molar-refractivity contribution in [1.29, 1.82) is 0 Å². The predicted octanol–water partition coefficient (Wildman–Crippen LogP) is 1.66. The van der Waals surface area contributed by atoms with Crippen LogP contribution in [0.4, 0.5) is 5.69 Å². The van der Waals surface area contributed by atoms with Crippen molar-refractivity contribution in [3.05, 3.63) is 23.5 Å². The Hall–Kier alpha value is -1.62. The Labute approximate surface area is 101 Å². The Balaban J connectivity index is 2.75. The summed E-state index contributed by atoms with van der Waals surface area (Å²) >= 11 is 0. The monoisotopic (exact) mass is 238 g/mol. The molecule has 1 unspecified atom stereocenters. The van der Waals surface area contributed by atoms with E-state index in [9.17, 15) is 9.90 Å². The minimum atomic E-state index is -1.02. The molecule has 1 heterocycles. The van der Waals surface area contributed by atoms with Crippen LogP contribution < -0.4 is 5.32 Å². The molecule has 0 saturated carbocycles. The summed E-state index contributed by atoms with van der Waals surface area (Å²) in [6.07, 6.45) is 2.45. The number of aliphatic hydroxyl groups excluding tert-OH is 1. The average Bonchev–Trinajstić information content (AvgIpc) is 2.26. The summed E-state index contributed by atoms with van der Waals surface area (Å²) in [4.78, 5) is 14.9. The van der Waals surface area contributed by atoms with E-state index in [1.54, 1.807) is 13.0 Å². The predicted molar refractivity (Wildman–Crippen MR) is 65.3 cm³/mol. The molecule has 1 atom stereocenters. The molecule has 0 aliphatic rings. The van der Waals surface area contributed by atoms with Gasteiger partial charge < -0.3 is 15.5 Å². The van der Waals surface area contributed by atoms with Crippen molar-refractivity contribution in [3.63, 3.8) is 0 Å². The third-order valence-corrected chi connectivity index (χ3v) is 2.42. The fourth-order valence-electron chi connectivity index (χ4n) is 1.54. The van der Waals surface area contributed by atoms with Crippen LogP contribution in [-0.4, -0.2) is 33.8 Å². The van der Waals surface area contributed by atoms with E-state index in [2.05, 4.69) is 10.3 Å². The number of aromatic nitrogens is 1. The Bertz CT molecular complexity index is 393. The fraction of sp³-hybridized carbons (Fsp3) is 0.500. The van der Waals surface area contributed by atoms with Gasteiger partial charge >= 0.3 is 5.97 Å². The van der Waals surface area contributed by atoms with Gasteiger partial charge in [-0.25, -0.2) is 4.79 Å². The van der Waals surface area contributed by atoms with Crippen LogP contribution in [0.5, 0.6) is 0 Å². The van der Waals surface area contributed by atoms with Gasteiger partial charge in [-0.15, -0.1) is 0 Å². The highest BCUT2D eigenvalue weighted by Crippen LogP contribution is 2.15. The van der Waals surface area contributed by atoms with Gasteiger partial charge in [-0.3, -0.25) is 4.98 Å². The van der Waals surface area contributed by atoms with Crippen molar-refractivity contribution in [1.82, 2.24) is 4.98 Å². The smallest absolute Gasteiger partial charge is 0.339 e. The van der Waals surface area contributed by atoms with Crippen LogP contribution in [0.25, 0.3) is 0 Å². The van der Waals surface area contributed by atoms with E-state index in [1.165, 1.54) is 6.20 Å². The molecule has 0 saturated heterocycles. The minimum Gasteiger partial charge on any atom is -0.478 e. The Kier molecular flexibility index (Phi) is 4.90. The van der Waals surface area contributed by atoms with Gasteiger partial charge in [-0.05, 0) is 19.4 Å². The number of aliphatic hydroxyl groups is 1. The summed E-state index contributed by atoms with van der Waals surface area (Å²) in [6.45, 7) is 4.12. The zero-order chi connectivity index (χ0) is 12.8. The molecule has 0 aromatic carbocycles. The highest BCUT2D eigenvalue weighted by Gasteiger charge is 2.11. The van der Waals surface area contributed by atoms with E-state index in [4.69, 9.17) is 5.11 Å². The zero-order valence-electron chi connectivity index (χ0n) is 10.1. The molecule has 5 nitrogen and oxygen atoms in total. The molecule has 3 N–H and O–H groups in total. The molecule has 0 aliphatic carbocycles. The van der Waals surface area contributed by atoms with Gasteiger partial charge in [-0.2, -0.15) is 0 Å². The minimum absolute atomic E-state index is 0.124. The second kappa shape index (κ2) is 6.20. The van der Waals surface area contributed by atoms with Crippen LogP contribution in [0.2, 0.25) is 0 Å². The summed E-state index contributed by atoms with van der Waals surface area (Å²) in [5.74, 6) is -1.02. The van der Waals surface area contributed by atoms with Gasteiger partial charge in [0.05, 0.1) is 11.8 Å². The van der Waals surface area contributed by atoms with Crippen molar-refractivity contribution in [2.75, 3.05) is 11.9 Å². The lowest BCUT2D eigenvalue weighted by atomic mass is 10.2. The SMILES string of the molecule is CCCC(O)CNc1cc(C)ncc1C(=O)O. The van der Waals surface area contributed by atoms with Crippen molar-refractivity contribution >= 4 is 11.7 Å². The molecule has 1 aromatic heterocycles. The lowest BCUT2D eigenvalue weighted by molar-refractivity contribution is 0.0697. The normalized spacial score (nSPS) is 12.2.